The second-order valence-electron chi connectivity index (χ2n) is 7.77. The molecule has 0 aliphatic heterocycles. The van der Waals surface area contributed by atoms with Crippen molar-refractivity contribution in [1.29, 1.82) is 0 Å². The van der Waals surface area contributed by atoms with Crippen molar-refractivity contribution < 1.29 is 8.42 Å². The van der Waals surface area contributed by atoms with Gasteiger partial charge < -0.3 is 5.32 Å². The minimum absolute atomic E-state index is 0.225. The monoisotopic (exact) mass is 402 g/mol. The molecule has 0 atom stereocenters. The van der Waals surface area contributed by atoms with Crippen molar-refractivity contribution in [3.63, 3.8) is 0 Å². The van der Waals surface area contributed by atoms with Gasteiger partial charge >= 0.3 is 0 Å². The summed E-state index contributed by atoms with van der Waals surface area (Å²) in [5.41, 5.74) is 1.47. The normalized spacial score (nSPS) is 14.5. The van der Waals surface area contributed by atoms with Gasteiger partial charge in [-0.1, -0.05) is 6.07 Å². The largest absolute Gasteiger partial charge is 0.340 e. The smallest absolute Gasteiger partial charge is 0.241 e. The molecule has 1 aliphatic rings. The summed E-state index contributed by atoms with van der Waals surface area (Å²) < 4.78 is 27.9. The van der Waals surface area contributed by atoms with Gasteiger partial charge in [0.15, 0.2) is 0 Å². The Labute approximate surface area is 163 Å². The zero-order valence-electron chi connectivity index (χ0n) is 15.5. The van der Waals surface area contributed by atoms with E-state index in [4.69, 9.17) is 0 Å². The molecular formula is C19H22N4O2S2. The van der Waals surface area contributed by atoms with Crippen LogP contribution in [0.4, 0.5) is 11.5 Å². The predicted octanol–water partition coefficient (Wildman–Crippen LogP) is 4.00. The lowest BCUT2D eigenvalue weighted by atomic mass is 10.1. The van der Waals surface area contributed by atoms with Crippen LogP contribution in [0.1, 0.15) is 37.6 Å². The number of hydrogen-bond acceptors (Lipinski definition) is 6. The summed E-state index contributed by atoms with van der Waals surface area (Å²) in [6.45, 7) is 5.46. The fourth-order valence-electron chi connectivity index (χ4n) is 3.36. The fraction of sp³-hybridized carbons (Fsp3) is 0.368. The highest BCUT2D eigenvalue weighted by Gasteiger charge is 2.23. The molecule has 1 aliphatic carbocycles. The minimum Gasteiger partial charge on any atom is -0.340 e. The third-order valence-electron chi connectivity index (χ3n) is 4.35. The third kappa shape index (κ3) is 3.69. The molecule has 0 bridgehead atoms. The van der Waals surface area contributed by atoms with Crippen molar-refractivity contribution in [2.45, 2.75) is 50.5 Å². The first-order valence-electron chi connectivity index (χ1n) is 8.89. The molecule has 4 rings (SSSR count). The number of aromatic nitrogens is 2. The average molecular weight is 403 g/mol. The molecule has 2 heterocycles. The van der Waals surface area contributed by atoms with Gasteiger partial charge in [0.1, 0.15) is 17.0 Å². The Balaban J connectivity index is 1.70. The molecule has 6 nitrogen and oxygen atoms in total. The number of aryl methyl sites for hydroxylation is 2. The van der Waals surface area contributed by atoms with Gasteiger partial charge in [-0.2, -0.15) is 0 Å². The van der Waals surface area contributed by atoms with Gasteiger partial charge in [0.2, 0.25) is 10.0 Å². The van der Waals surface area contributed by atoms with E-state index >= 15 is 0 Å². The van der Waals surface area contributed by atoms with E-state index in [2.05, 4.69) is 20.0 Å². The van der Waals surface area contributed by atoms with E-state index in [9.17, 15) is 8.42 Å². The van der Waals surface area contributed by atoms with Crippen LogP contribution < -0.4 is 10.0 Å². The highest BCUT2D eigenvalue weighted by atomic mass is 32.2. The average Bonchev–Trinajstić information content (AvgIpc) is 3.14. The molecule has 0 saturated heterocycles. The maximum absolute atomic E-state index is 12.6. The van der Waals surface area contributed by atoms with Gasteiger partial charge in [0, 0.05) is 16.1 Å². The van der Waals surface area contributed by atoms with E-state index < -0.39 is 15.6 Å². The molecule has 0 saturated carbocycles. The Morgan fingerprint density at radius 2 is 1.96 bits per heavy atom. The third-order valence-corrected chi connectivity index (χ3v) is 7.30. The lowest BCUT2D eigenvalue weighted by Gasteiger charge is -2.20. The van der Waals surface area contributed by atoms with Crippen molar-refractivity contribution in [1.82, 2.24) is 14.7 Å². The van der Waals surface area contributed by atoms with Crippen molar-refractivity contribution >= 4 is 43.1 Å². The zero-order chi connectivity index (χ0) is 19.2. The molecule has 2 N–H and O–H groups in total. The Bertz CT molecular complexity index is 1110. The summed E-state index contributed by atoms with van der Waals surface area (Å²) in [4.78, 5) is 11.4. The van der Waals surface area contributed by atoms with Crippen molar-refractivity contribution in [3.8, 4) is 0 Å². The highest BCUT2D eigenvalue weighted by molar-refractivity contribution is 7.89. The number of rotatable bonds is 4. The standard InChI is InChI=1S/C19H22N4O2S2/c1-19(2,3)23-27(24,25)13-7-4-6-12(10-13)22-17-16-14-8-5-9-15(14)26-18(16)21-11-20-17/h4,6-7,10-11,23H,5,8-9H2,1-3H3,(H,20,21,22). The molecule has 8 heteroatoms. The predicted molar refractivity (Wildman–Crippen MR) is 109 cm³/mol. The molecular weight excluding hydrogens is 380 g/mol. The molecule has 0 fully saturated rings. The molecule has 27 heavy (non-hydrogen) atoms. The number of fused-ring (bicyclic) bond motifs is 3. The molecule has 2 aromatic heterocycles. The van der Waals surface area contributed by atoms with Crippen LogP contribution >= 0.6 is 11.3 Å². The van der Waals surface area contributed by atoms with Crippen molar-refractivity contribution in [3.05, 3.63) is 41.0 Å². The summed E-state index contributed by atoms with van der Waals surface area (Å²) in [6.07, 6.45) is 4.86. The second-order valence-corrected chi connectivity index (χ2v) is 10.5. The van der Waals surface area contributed by atoms with Crippen molar-refractivity contribution in [2.24, 2.45) is 0 Å². The SMILES string of the molecule is CC(C)(C)NS(=O)(=O)c1cccc(Nc2ncnc3sc4c(c23)CCC4)c1. The number of nitrogens with zero attached hydrogens (tertiary/aromatic N) is 2. The Morgan fingerprint density at radius 3 is 2.74 bits per heavy atom. The highest BCUT2D eigenvalue weighted by Crippen LogP contribution is 2.39. The molecule has 142 valence electrons. The fourth-order valence-corrected chi connectivity index (χ4v) is 6.06. The van der Waals surface area contributed by atoms with Gasteiger partial charge in [-0.25, -0.2) is 23.1 Å². The van der Waals surface area contributed by atoms with E-state index in [1.807, 2.05) is 26.8 Å². The van der Waals surface area contributed by atoms with E-state index in [0.717, 1.165) is 35.3 Å². The lowest BCUT2D eigenvalue weighted by Crippen LogP contribution is -2.40. The Morgan fingerprint density at radius 1 is 1.15 bits per heavy atom. The van der Waals surface area contributed by atoms with E-state index in [1.165, 1.54) is 10.4 Å². The van der Waals surface area contributed by atoms with Crippen LogP contribution in [-0.2, 0) is 22.9 Å². The maximum atomic E-state index is 12.6. The van der Waals surface area contributed by atoms with Gasteiger partial charge in [0.25, 0.3) is 0 Å². The van der Waals surface area contributed by atoms with E-state index in [1.54, 1.807) is 35.9 Å². The molecule has 0 unspecified atom stereocenters. The quantitative estimate of drug-likeness (QED) is 0.689. The molecule has 0 spiro atoms. The summed E-state index contributed by atoms with van der Waals surface area (Å²) in [6, 6.07) is 6.80. The van der Waals surface area contributed by atoms with E-state index in [0.29, 0.717) is 5.69 Å². The molecule has 0 radical (unpaired) electrons. The van der Waals surface area contributed by atoms with Crippen LogP contribution in [0.25, 0.3) is 10.2 Å². The topological polar surface area (TPSA) is 84.0 Å². The van der Waals surface area contributed by atoms with Crippen molar-refractivity contribution in [2.75, 3.05) is 5.32 Å². The van der Waals surface area contributed by atoms with Crippen LogP contribution in [0.2, 0.25) is 0 Å². The molecule has 0 amide bonds. The Hall–Kier alpha value is -2.03. The van der Waals surface area contributed by atoms with Crippen LogP contribution in [0.15, 0.2) is 35.5 Å². The van der Waals surface area contributed by atoms with Crippen LogP contribution in [0.5, 0.6) is 0 Å². The number of sulfonamides is 1. The van der Waals surface area contributed by atoms with Crippen LogP contribution in [-0.4, -0.2) is 23.9 Å². The summed E-state index contributed by atoms with van der Waals surface area (Å²) in [5.74, 6) is 0.734. The molecule has 3 aromatic rings. The van der Waals surface area contributed by atoms with Gasteiger partial charge in [0.05, 0.1) is 10.3 Å². The summed E-state index contributed by atoms with van der Waals surface area (Å²) >= 11 is 1.73. The Kier molecular flexibility index (Phi) is 4.44. The first kappa shape index (κ1) is 18.3. The number of hydrogen-bond donors (Lipinski definition) is 2. The number of benzene rings is 1. The lowest BCUT2D eigenvalue weighted by molar-refractivity contribution is 0.491. The minimum atomic E-state index is -3.59. The first-order chi connectivity index (χ1) is 12.7. The van der Waals surface area contributed by atoms with E-state index in [-0.39, 0.29) is 4.90 Å². The summed E-state index contributed by atoms with van der Waals surface area (Å²) in [5, 5.41) is 4.37. The maximum Gasteiger partial charge on any atom is 0.241 e. The number of nitrogens with one attached hydrogen (secondary N) is 2. The molecule has 1 aromatic carbocycles. The first-order valence-corrected chi connectivity index (χ1v) is 11.2. The van der Waals surface area contributed by atoms with Gasteiger partial charge in [-0.3, -0.25) is 0 Å². The number of thiophene rings is 1. The van der Waals surface area contributed by atoms with Crippen LogP contribution in [0.3, 0.4) is 0 Å². The van der Waals surface area contributed by atoms with Gasteiger partial charge in [-0.05, 0) is 63.8 Å². The number of anilines is 2. The zero-order valence-corrected chi connectivity index (χ0v) is 17.2. The second kappa shape index (κ2) is 6.54. The van der Waals surface area contributed by atoms with Gasteiger partial charge in [-0.15, -0.1) is 11.3 Å². The van der Waals surface area contributed by atoms with Crippen LogP contribution in [0, 0.1) is 0 Å². The summed E-state index contributed by atoms with van der Waals surface area (Å²) in [7, 11) is -3.59.